The van der Waals surface area contributed by atoms with E-state index >= 15 is 0 Å². The first-order valence-corrected chi connectivity index (χ1v) is 6.74. The van der Waals surface area contributed by atoms with Gasteiger partial charge in [0.15, 0.2) is 0 Å². The summed E-state index contributed by atoms with van der Waals surface area (Å²) in [4.78, 5) is 0. The molecule has 2 unspecified atom stereocenters. The summed E-state index contributed by atoms with van der Waals surface area (Å²) >= 11 is 3.50. The topological polar surface area (TPSA) is 30.5 Å². The number of methoxy groups -OCH3 is 1. The van der Waals surface area contributed by atoms with E-state index in [1.165, 1.54) is 0 Å². The summed E-state index contributed by atoms with van der Waals surface area (Å²) in [5.74, 6) is 0.968. The Kier molecular flexibility index (Phi) is 2.89. The molecule has 0 saturated carbocycles. The molecule has 4 heteroatoms. The van der Waals surface area contributed by atoms with E-state index in [0.717, 1.165) is 41.7 Å². The van der Waals surface area contributed by atoms with Gasteiger partial charge in [-0.3, -0.25) is 0 Å². The molecule has 1 spiro atoms. The van der Waals surface area contributed by atoms with Gasteiger partial charge in [0, 0.05) is 36.5 Å². The van der Waals surface area contributed by atoms with Gasteiger partial charge in [-0.05, 0) is 24.7 Å². The molecule has 2 heterocycles. The molecule has 1 fully saturated rings. The van der Waals surface area contributed by atoms with Crippen LogP contribution in [0.2, 0.25) is 0 Å². The van der Waals surface area contributed by atoms with Gasteiger partial charge in [0.05, 0.1) is 6.10 Å². The molecule has 2 aliphatic heterocycles. The van der Waals surface area contributed by atoms with Crippen molar-refractivity contribution in [3.63, 3.8) is 0 Å². The van der Waals surface area contributed by atoms with Crippen LogP contribution in [0, 0.1) is 0 Å². The zero-order chi connectivity index (χ0) is 11.9. The fraction of sp³-hybridized carbons (Fsp3) is 0.538. The SMILES string of the molecule is COC1CC2(CCNC2)Oc2ccc(Br)cc21. The summed E-state index contributed by atoms with van der Waals surface area (Å²) in [7, 11) is 1.77. The van der Waals surface area contributed by atoms with Crippen molar-refractivity contribution in [1.82, 2.24) is 5.32 Å². The summed E-state index contributed by atoms with van der Waals surface area (Å²) in [6, 6.07) is 6.15. The Hall–Kier alpha value is -0.580. The quantitative estimate of drug-likeness (QED) is 0.864. The van der Waals surface area contributed by atoms with Crippen molar-refractivity contribution in [2.75, 3.05) is 20.2 Å². The van der Waals surface area contributed by atoms with E-state index in [9.17, 15) is 0 Å². The summed E-state index contributed by atoms with van der Waals surface area (Å²) in [6.45, 7) is 1.95. The van der Waals surface area contributed by atoms with Crippen LogP contribution in [0.5, 0.6) is 5.75 Å². The van der Waals surface area contributed by atoms with E-state index in [1.54, 1.807) is 7.11 Å². The smallest absolute Gasteiger partial charge is 0.126 e. The van der Waals surface area contributed by atoms with Crippen molar-refractivity contribution in [1.29, 1.82) is 0 Å². The molecule has 17 heavy (non-hydrogen) atoms. The van der Waals surface area contributed by atoms with Crippen LogP contribution >= 0.6 is 15.9 Å². The molecule has 0 amide bonds. The van der Waals surface area contributed by atoms with Gasteiger partial charge in [-0.15, -0.1) is 0 Å². The molecule has 92 valence electrons. The van der Waals surface area contributed by atoms with E-state index in [4.69, 9.17) is 9.47 Å². The lowest BCUT2D eigenvalue weighted by Crippen LogP contribution is -2.43. The monoisotopic (exact) mass is 297 g/mol. The van der Waals surface area contributed by atoms with Crippen LogP contribution in [0.25, 0.3) is 0 Å². The molecule has 1 aromatic rings. The number of fused-ring (bicyclic) bond motifs is 1. The predicted octanol–water partition coefficient (Wildman–Crippen LogP) is 2.65. The minimum absolute atomic E-state index is 0.0680. The lowest BCUT2D eigenvalue weighted by Gasteiger charge is -2.39. The molecule has 2 atom stereocenters. The largest absolute Gasteiger partial charge is 0.485 e. The maximum atomic E-state index is 6.20. The van der Waals surface area contributed by atoms with Gasteiger partial charge in [-0.2, -0.15) is 0 Å². The van der Waals surface area contributed by atoms with Gasteiger partial charge >= 0.3 is 0 Å². The van der Waals surface area contributed by atoms with Gasteiger partial charge in [-0.1, -0.05) is 15.9 Å². The lowest BCUT2D eigenvalue weighted by atomic mass is 9.88. The zero-order valence-corrected chi connectivity index (χ0v) is 11.4. The third-order valence-corrected chi connectivity index (χ3v) is 4.18. The van der Waals surface area contributed by atoms with Crippen molar-refractivity contribution >= 4 is 15.9 Å². The van der Waals surface area contributed by atoms with Crippen molar-refractivity contribution in [2.45, 2.75) is 24.5 Å². The highest BCUT2D eigenvalue weighted by atomic mass is 79.9. The number of benzene rings is 1. The molecule has 3 nitrogen and oxygen atoms in total. The second-order valence-corrected chi connectivity index (χ2v) is 5.74. The molecule has 1 aromatic carbocycles. The first kappa shape index (κ1) is 11.5. The Morgan fingerprint density at radius 3 is 3.12 bits per heavy atom. The van der Waals surface area contributed by atoms with Crippen LogP contribution in [0.1, 0.15) is 24.5 Å². The minimum Gasteiger partial charge on any atom is -0.485 e. The molecule has 1 saturated heterocycles. The van der Waals surface area contributed by atoms with Crippen LogP contribution < -0.4 is 10.1 Å². The van der Waals surface area contributed by atoms with Crippen LogP contribution in [0.3, 0.4) is 0 Å². The average molecular weight is 298 g/mol. The van der Waals surface area contributed by atoms with Crippen LogP contribution in [0.4, 0.5) is 0 Å². The number of halogens is 1. The highest BCUT2D eigenvalue weighted by Gasteiger charge is 2.43. The van der Waals surface area contributed by atoms with Crippen molar-refractivity contribution in [3.8, 4) is 5.75 Å². The van der Waals surface area contributed by atoms with Gasteiger partial charge in [0.2, 0.25) is 0 Å². The molecule has 0 radical (unpaired) electrons. The second kappa shape index (κ2) is 4.26. The second-order valence-electron chi connectivity index (χ2n) is 4.82. The number of hydrogen-bond acceptors (Lipinski definition) is 3. The molecular formula is C13H16BrNO2. The fourth-order valence-corrected chi connectivity index (χ4v) is 3.16. The Labute approximate surface area is 110 Å². The number of rotatable bonds is 1. The summed E-state index contributed by atoms with van der Waals surface area (Å²) in [5, 5.41) is 3.38. The van der Waals surface area contributed by atoms with E-state index in [1.807, 2.05) is 12.1 Å². The molecule has 1 N–H and O–H groups in total. The first-order valence-electron chi connectivity index (χ1n) is 5.94. The third-order valence-electron chi connectivity index (χ3n) is 3.69. The van der Waals surface area contributed by atoms with E-state index < -0.39 is 0 Å². The summed E-state index contributed by atoms with van der Waals surface area (Å²) in [5.41, 5.74) is 1.08. The maximum Gasteiger partial charge on any atom is 0.126 e. The summed E-state index contributed by atoms with van der Waals surface area (Å²) < 4.78 is 12.9. The van der Waals surface area contributed by atoms with Gasteiger partial charge in [0.25, 0.3) is 0 Å². The normalized spacial score (nSPS) is 31.3. The fourth-order valence-electron chi connectivity index (χ4n) is 2.78. The third kappa shape index (κ3) is 1.98. The molecule has 0 aliphatic carbocycles. The Bertz CT molecular complexity index is 429. The number of ether oxygens (including phenoxy) is 2. The Morgan fingerprint density at radius 1 is 1.53 bits per heavy atom. The highest BCUT2D eigenvalue weighted by molar-refractivity contribution is 9.10. The molecule has 3 rings (SSSR count). The summed E-state index contributed by atoms with van der Waals surface area (Å²) in [6.07, 6.45) is 2.12. The van der Waals surface area contributed by atoms with Crippen LogP contribution in [0.15, 0.2) is 22.7 Å². The van der Waals surface area contributed by atoms with Gasteiger partial charge in [0.1, 0.15) is 11.4 Å². The number of nitrogens with one attached hydrogen (secondary N) is 1. The van der Waals surface area contributed by atoms with E-state index in [-0.39, 0.29) is 11.7 Å². The zero-order valence-electron chi connectivity index (χ0n) is 9.83. The highest BCUT2D eigenvalue weighted by Crippen LogP contribution is 2.44. The average Bonchev–Trinajstić information content (AvgIpc) is 2.77. The molecule has 2 aliphatic rings. The van der Waals surface area contributed by atoms with E-state index in [0.29, 0.717) is 0 Å². The van der Waals surface area contributed by atoms with Crippen LogP contribution in [-0.4, -0.2) is 25.8 Å². The molecule has 0 aromatic heterocycles. The molecular weight excluding hydrogens is 282 g/mol. The molecule has 0 bridgehead atoms. The van der Waals surface area contributed by atoms with Gasteiger partial charge < -0.3 is 14.8 Å². The van der Waals surface area contributed by atoms with Crippen molar-refractivity contribution < 1.29 is 9.47 Å². The minimum atomic E-state index is -0.0680. The van der Waals surface area contributed by atoms with Gasteiger partial charge in [-0.25, -0.2) is 0 Å². The van der Waals surface area contributed by atoms with E-state index in [2.05, 4.69) is 27.3 Å². The Morgan fingerprint density at radius 2 is 2.41 bits per heavy atom. The lowest BCUT2D eigenvalue weighted by molar-refractivity contribution is -0.0203. The van der Waals surface area contributed by atoms with Crippen LogP contribution in [-0.2, 0) is 4.74 Å². The predicted molar refractivity (Wildman–Crippen MR) is 69.4 cm³/mol. The van der Waals surface area contributed by atoms with Crippen molar-refractivity contribution in [3.05, 3.63) is 28.2 Å². The first-order chi connectivity index (χ1) is 8.22. The standard InChI is InChI=1S/C13H16BrNO2/c1-16-12-7-13(4-5-15-8-13)17-11-3-2-9(14)6-10(11)12/h2-3,6,12,15H,4-5,7-8H2,1H3. The Balaban J connectivity index is 2.00. The number of hydrogen-bond donors (Lipinski definition) is 1. The van der Waals surface area contributed by atoms with Crippen molar-refractivity contribution in [2.24, 2.45) is 0 Å². The maximum absolute atomic E-state index is 6.20.